The average Bonchev–Trinajstić information content (AvgIpc) is 3.73. The van der Waals surface area contributed by atoms with E-state index in [0.717, 1.165) is 40.9 Å². The molecule has 0 aromatic carbocycles. The van der Waals surface area contributed by atoms with E-state index in [9.17, 15) is 0 Å². The Bertz CT molecular complexity index is 1440. The van der Waals surface area contributed by atoms with Crippen LogP contribution in [0.25, 0.3) is 0 Å². The van der Waals surface area contributed by atoms with E-state index in [4.69, 9.17) is 4.99 Å². The van der Waals surface area contributed by atoms with Crippen molar-refractivity contribution in [2.75, 3.05) is 0 Å². The van der Waals surface area contributed by atoms with Crippen LogP contribution >= 0.6 is 11.8 Å². The Hall–Kier alpha value is -1.52. The molecule has 0 aromatic heterocycles. The summed E-state index contributed by atoms with van der Waals surface area (Å²) in [6, 6.07) is 2.01. The number of fused-ring (bicyclic) bond motifs is 6. The first-order valence-electron chi connectivity index (χ1n) is 22.0. The molecule has 3 aliphatic heterocycles. The third kappa shape index (κ3) is 5.92. The molecule has 0 bridgehead atoms. The van der Waals surface area contributed by atoms with Crippen LogP contribution < -0.4 is 5.32 Å². The molecule has 0 spiro atoms. The summed E-state index contributed by atoms with van der Waals surface area (Å²) in [6.45, 7) is 0. The molecule has 11 atom stereocenters. The summed E-state index contributed by atoms with van der Waals surface area (Å²) in [5.41, 5.74) is 6.68. The predicted octanol–water partition coefficient (Wildman–Crippen LogP) is 11.1. The summed E-state index contributed by atoms with van der Waals surface area (Å²) >= 11 is 2.39. The fourth-order valence-corrected chi connectivity index (χ4v) is 15.7. The first-order chi connectivity index (χ1) is 24.8. The highest BCUT2D eigenvalue weighted by Crippen LogP contribution is 2.61. The lowest BCUT2D eigenvalue weighted by atomic mass is 9.66. The van der Waals surface area contributed by atoms with Crippen molar-refractivity contribution in [1.82, 2.24) is 10.2 Å². The van der Waals surface area contributed by atoms with E-state index in [1.807, 2.05) is 0 Å². The summed E-state index contributed by atoms with van der Waals surface area (Å²) < 4.78 is 0. The highest BCUT2D eigenvalue weighted by Gasteiger charge is 2.58. The molecule has 3 nitrogen and oxygen atoms in total. The van der Waals surface area contributed by atoms with Gasteiger partial charge >= 0.3 is 0 Å². The maximum Gasteiger partial charge on any atom is 0.0868 e. The molecule has 3 saturated carbocycles. The monoisotopic (exact) mass is 691 g/mol. The largest absolute Gasteiger partial charge is 0.359 e. The lowest BCUT2D eigenvalue weighted by Crippen LogP contribution is -2.60. The standard InChI is InChI=1S/C46H65N3S/c1-4-14-30(15-5-1)35-28-29-36(31-16-6-2-7-17-31)45-44(35)47-42(32-18-8-3-9-19-32)43(48-45)33-24-26-34(27-25-33)49-39-22-12-10-20-37(39)41-38-21-11-13-23-40(38)50-46(41)49/h1,4,11,21,24,26,28,30-32,36-44,46-47H,2-3,5-10,12-20,22-23,25,27,29H2. The van der Waals surface area contributed by atoms with E-state index < -0.39 is 0 Å². The van der Waals surface area contributed by atoms with Gasteiger partial charge in [0.2, 0.25) is 0 Å². The van der Waals surface area contributed by atoms with Crippen LogP contribution in [0, 0.1) is 41.4 Å². The lowest BCUT2D eigenvalue weighted by Gasteiger charge is -2.49. The van der Waals surface area contributed by atoms with Gasteiger partial charge < -0.3 is 4.90 Å². The third-order valence-electron chi connectivity index (χ3n) is 16.0. The fraction of sp³-hybridized carbons (Fsp3) is 0.761. The molecule has 270 valence electrons. The molecule has 2 saturated heterocycles. The van der Waals surface area contributed by atoms with E-state index in [1.165, 1.54) is 141 Å². The van der Waals surface area contributed by atoms with E-state index in [-0.39, 0.29) is 0 Å². The number of nitrogens with one attached hydrogen (secondary N) is 1. The van der Waals surface area contributed by atoms with Gasteiger partial charge in [0.1, 0.15) is 0 Å². The number of aliphatic imine (C=N–C) groups is 1. The van der Waals surface area contributed by atoms with Crippen molar-refractivity contribution in [2.24, 2.45) is 46.4 Å². The second-order valence-electron chi connectivity index (χ2n) is 18.5. The Labute approximate surface area is 308 Å². The SMILES string of the molecule is C1=CCC(C2=CCC(C3CCCCC3)C3=NC(C4=CC=C(N5C6CCCCC6C6C7C=CCCC7SC65)CC4)C(C4CCCCC4)NC23)CC1. The van der Waals surface area contributed by atoms with Crippen molar-refractivity contribution in [3.05, 3.63) is 59.4 Å². The molecule has 11 unspecified atom stereocenters. The maximum atomic E-state index is 6.15. The van der Waals surface area contributed by atoms with Gasteiger partial charge in [-0.1, -0.05) is 87.8 Å². The number of hydrogen-bond donors (Lipinski definition) is 1. The number of likely N-dealkylation sites (tertiary alicyclic amines) is 1. The minimum absolute atomic E-state index is 0.335. The van der Waals surface area contributed by atoms with Gasteiger partial charge in [0.05, 0.1) is 17.5 Å². The number of thioether (sulfide) groups is 1. The number of allylic oxidation sites excluding steroid dienone is 8. The second kappa shape index (κ2) is 14.4. The molecule has 0 radical (unpaired) electrons. The Morgan fingerprint density at radius 1 is 0.740 bits per heavy atom. The van der Waals surface area contributed by atoms with Crippen LogP contribution in [0.5, 0.6) is 0 Å². The van der Waals surface area contributed by atoms with Crippen molar-refractivity contribution < 1.29 is 0 Å². The van der Waals surface area contributed by atoms with Crippen molar-refractivity contribution >= 4 is 17.5 Å². The van der Waals surface area contributed by atoms with Crippen LogP contribution in [0.15, 0.2) is 64.4 Å². The highest BCUT2D eigenvalue weighted by molar-refractivity contribution is 8.00. The van der Waals surface area contributed by atoms with Gasteiger partial charge in [0.15, 0.2) is 0 Å². The van der Waals surface area contributed by atoms with Crippen LogP contribution in [-0.4, -0.2) is 45.4 Å². The van der Waals surface area contributed by atoms with Crippen LogP contribution in [0.1, 0.15) is 141 Å². The molecule has 3 heterocycles. The zero-order valence-corrected chi connectivity index (χ0v) is 31.7. The normalized spacial score (nSPS) is 43.6. The second-order valence-corrected chi connectivity index (χ2v) is 19.9. The minimum atomic E-state index is 0.335. The first kappa shape index (κ1) is 33.1. The van der Waals surface area contributed by atoms with Gasteiger partial charge in [-0.15, -0.1) is 11.8 Å². The van der Waals surface area contributed by atoms with Gasteiger partial charge in [-0.25, -0.2) is 0 Å². The zero-order chi connectivity index (χ0) is 33.0. The highest BCUT2D eigenvalue weighted by atomic mass is 32.2. The van der Waals surface area contributed by atoms with Gasteiger partial charge in [-0.05, 0) is 137 Å². The molecule has 7 aliphatic carbocycles. The summed E-state index contributed by atoms with van der Waals surface area (Å²) in [6.07, 6.45) is 48.3. The number of hydrogen-bond acceptors (Lipinski definition) is 4. The Morgan fingerprint density at radius 2 is 1.54 bits per heavy atom. The van der Waals surface area contributed by atoms with E-state index >= 15 is 0 Å². The van der Waals surface area contributed by atoms with Gasteiger partial charge in [0, 0.05) is 40.6 Å². The summed E-state index contributed by atoms with van der Waals surface area (Å²) in [7, 11) is 0. The minimum Gasteiger partial charge on any atom is -0.359 e. The number of nitrogens with zero attached hydrogens (tertiary/aromatic N) is 2. The van der Waals surface area contributed by atoms with E-state index in [1.54, 1.807) is 22.6 Å². The van der Waals surface area contributed by atoms with Crippen molar-refractivity contribution in [2.45, 2.75) is 176 Å². The summed E-state index contributed by atoms with van der Waals surface area (Å²) in [5.74, 6) is 5.58. The van der Waals surface area contributed by atoms with Crippen LogP contribution in [0.4, 0.5) is 0 Å². The Balaban J connectivity index is 0.992. The lowest BCUT2D eigenvalue weighted by molar-refractivity contribution is 0.193. The van der Waals surface area contributed by atoms with Gasteiger partial charge in [0.25, 0.3) is 0 Å². The molecule has 10 rings (SSSR count). The topological polar surface area (TPSA) is 27.6 Å². The van der Waals surface area contributed by atoms with Crippen LogP contribution in [-0.2, 0) is 0 Å². The molecule has 10 aliphatic rings. The Kier molecular flexibility index (Phi) is 9.51. The smallest absolute Gasteiger partial charge is 0.0868 e. The maximum absolute atomic E-state index is 6.15. The van der Waals surface area contributed by atoms with Gasteiger partial charge in [-0.3, -0.25) is 10.3 Å². The predicted molar refractivity (Wildman–Crippen MR) is 211 cm³/mol. The van der Waals surface area contributed by atoms with Crippen molar-refractivity contribution in [1.29, 1.82) is 0 Å². The summed E-state index contributed by atoms with van der Waals surface area (Å²) in [4.78, 5) is 9.20. The molecule has 5 fully saturated rings. The fourth-order valence-electron chi connectivity index (χ4n) is 13.6. The molecule has 4 heteroatoms. The van der Waals surface area contributed by atoms with Crippen molar-refractivity contribution in [3.8, 4) is 0 Å². The van der Waals surface area contributed by atoms with E-state index in [0.29, 0.717) is 35.3 Å². The molecule has 0 aromatic rings. The molecule has 50 heavy (non-hydrogen) atoms. The average molecular weight is 692 g/mol. The first-order valence-corrected chi connectivity index (χ1v) is 22.9. The van der Waals surface area contributed by atoms with Crippen LogP contribution in [0.2, 0.25) is 0 Å². The van der Waals surface area contributed by atoms with Crippen molar-refractivity contribution in [3.63, 3.8) is 0 Å². The molecule has 1 N–H and O–H groups in total. The molecular formula is C46H65N3S. The quantitative estimate of drug-likeness (QED) is 0.291. The summed E-state index contributed by atoms with van der Waals surface area (Å²) in [5, 5.41) is 6.12. The number of rotatable bonds is 5. The molecular weight excluding hydrogens is 627 g/mol. The van der Waals surface area contributed by atoms with E-state index in [2.05, 4.69) is 64.5 Å². The zero-order valence-electron chi connectivity index (χ0n) is 30.9. The Morgan fingerprint density at radius 3 is 2.34 bits per heavy atom. The third-order valence-corrected chi connectivity index (χ3v) is 17.7. The van der Waals surface area contributed by atoms with Crippen LogP contribution in [0.3, 0.4) is 0 Å². The van der Waals surface area contributed by atoms with Gasteiger partial charge in [-0.2, -0.15) is 0 Å². The molecule has 0 amide bonds.